The van der Waals surface area contributed by atoms with Crippen LogP contribution in [-0.2, 0) is 4.79 Å². The molecule has 0 spiro atoms. The molecule has 0 radical (unpaired) electrons. The van der Waals surface area contributed by atoms with Crippen molar-refractivity contribution in [1.29, 1.82) is 0 Å². The Bertz CT molecular complexity index is 632. The topological polar surface area (TPSA) is 80.9 Å². The van der Waals surface area contributed by atoms with Crippen molar-refractivity contribution < 1.29 is 4.79 Å². The molecule has 2 atom stereocenters. The summed E-state index contributed by atoms with van der Waals surface area (Å²) in [5, 5.41) is 3.87. The quantitative estimate of drug-likeness (QED) is 0.879. The Kier molecular flexibility index (Phi) is 7.00. The van der Waals surface area contributed by atoms with E-state index in [2.05, 4.69) is 15.3 Å². The van der Waals surface area contributed by atoms with Gasteiger partial charge in [-0.2, -0.15) is 0 Å². The highest BCUT2D eigenvalue weighted by Gasteiger charge is 2.25. The molecule has 2 aromatic heterocycles. The SMILES string of the molecule is Cl.Cl.NC1CCCC(C(=O)Nc2ccnc3ccncc23)C1. The zero-order valence-corrected chi connectivity index (χ0v) is 13.7. The van der Waals surface area contributed by atoms with Crippen molar-refractivity contribution >= 4 is 47.3 Å². The number of nitrogens with one attached hydrogen (secondary N) is 1. The predicted octanol–water partition coefficient (Wildman–Crippen LogP) is 2.93. The summed E-state index contributed by atoms with van der Waals surface area (Å²) in [6, 6.07) is 3.79. The van der Waals surface area contributed by atoms with Crippen molar-refractivity contribution in [3.63, 3.8) is 0 Å². The minimum Gasteiger partial charge on any atom is -0.328 e. The van der Waals surface area contributed by atoms with Crippen LogP contribution >= 0.6 is 24.8 Å². The Morgan fingerprint density at radius 3 is 2.82 bits per heavy atom. The molecule has 1 fully saturated rings. The fourth-order valence-corrected chi connectivity index (χ4v) is 2.80. The summed E-state index contributed by atoms with van der Waals surface area (Å²) < 4.78 is 0. The minimum absolute atomic E-state index is 0. The molecule has 0 saturated heterocycles. The molecule has 0 bridgehead atoms. The molecule has 2 aromatic rings. The molecule has 5 nitrogen and oxygen atoms in total. The van der Waals surface area contributed by atoms with Gasteiger partial charge in [0.1, 0.15) is 0 Å². The van der Waals surface area contributed by atoms with E-state index < -0.39 is 0 Å². The van der Waals surface area contributed by atoms with Gasteiger partial charge in [-0.25, -0.2) is 0 Å². The lowest BCUT2D eigenvalue weighted by molar-refractivity contribution is -0.120. The smallest absolute Gasteiger partial charge is 0.227 e. The van der Waals surface area contributed by atoms with Crippen LogP contribution in [-0.4, -0.2) is 21.9 Å². The van der Waals surface area contributed by atoms with Gasteiger partial charge in [0.15, 0.2) is 0 Å². The number of hydrogen-bond acceptors (Lipinski definition) is 4. The molecule has 2 heterocycles. The fraction of sp³-hybridized carbons (Fsp3) is 0.400. The molecular formula is C15H20Cl2N4O. The number of fused-ring (bicyclic) bond motifs is 1. The molecule has 0 aromatic carbocycles. The molecule has 0 aliphatic heterocycles. The summed E-state index contributed by atoms with van der Waals surface area (Å²) in [6.45, 7) is 0. The summed E-state index contributed by atoms with van der Waals surface area (Å²) in [5.41, 5.74) is 7.55. The number of nitrogens with zero attached hydrogens (tertiary/aromatic N) is 2. The first-order chi connectivity index (χ1) is 9.74. The molecular weight excluding hydrogens is 323 g/mol. The van der Waals surface area contributed by atoms with Crippen LogP contribution in [0.25, 0.3) is 10.9 Å². The number of amides is 1. The average molecular weight is 343 g/mol. The molecule has 1 saturated carbocycles. The normalized spacial score (nSPS) is 20.6. The Balaban J connectivity index is 0.00000121. The maximum absolute atomic E-state index is 12.3. The minimum atomic E-state index is 0. The number of pyridine rings is 2. The maximum Gasteiger partial charge on any atom is 0.227 e. The van der Waals surface area contributed by atoms with E-state index in [0.29, 0.717) is 0 Å². The van der Waals surface area contributed by atoms with Crippen molar-refractivity contribution in [1.82, 2.24) is 9.97 Å². The van der Waals surface area contributed by atoms with Crippen LogP contribution in [0.1, 0.15) is 25.7 Å². The molecule has 7 heteroatoms. The molecule has 1 aliphatic carbocycles. The van der Waals surface area contributed by atoms with Crippen LogP contribution in [0.4, 0.5) is 5.69 Å². The monoisotopic (exact) mass is 342 g/mol. The Morgan fingerprint density at radius 1 is 1.23 bits per heavy atom. The first-order valence-electron chi connectivity index (χ1n) is 6.99. The zero-order chi connectivity index (χ0) is 13.9. The van der Waals surface area contributed by atoms with E-state index in [0.717, 1.165) is 42.3 Å². The first kappa shape index (κ1) is 18.6. The third-order valence-electron chi connectivity index (χ3n) is 3.89. The van der Waals surface area contributed by atoms with Gasteiger partial charge >= 0.3 is 0 Å². The zero-order valence-electron chi connectivity index (χ0n) is 12.1. The number of halogens is 2. The van der Waals surface area contributed by atoms with E-state index in [-0.39, 0.29) is 42.7 Å². The van der Waals surface area contributed by atoms with Crippen molar-refractivity contribution in [2.75, 3.05) is 5.32 Å². The Morgan fingerprint density at radius 2 is 2.05 bits per heavy atom. The lowest BCUT2D eigenvalue weighted by Crippen LogP contribution is -2.34. The molecule has 120 valence electrons. The Labute approximate surface area is 141 Å². The second-order valence-corrected chi connectivity index (χ2v) is 5.36. The van der Waals surface area contributed by atoms with E-state index in [4.69, 9.17) is 5.73 Å². The first-order valence-corrected chi connectivity index (χ1v) is 6.99. The van der Waals surface area contributed by atoms with Crippen LogP contribution in [0, 0.1) is 5.92 Å². The van der Waals surface area contributed by atoms with Crippen LogP contribution < -0.4 is 11.1 Å². The van der Waals surface area contributed by atoms with Crippen molar-refractivity contribution in [3.8, 4) is 0 Å². The van der Waals surface area contributed by atoms with E-state index in [1.807, 2.05) is 12.1 Å². The third-order valence-corrected chi connectivity index (χ3v) is 3.89. The van der Waals surface area contributed by atoms with E-state index in [1.54, 1.807) is 18.6 Å². The average Bonchev–Trinajstić information content (AvgIpc) is 2.47. The van der Waals surface area contributed by atoms with Gasteiger partial charge in [0, 0.05) is 35.9 Å². The van der Waals surface area contributed by atoms with Gasteiger partial charge in [-0.1, -0.05) is 6.42 Å². The standard InChI is InChI=1S/C15H18N4O.2ClH/c16-11-3-1-2-10(8-11)15(20)19-14-5-7-18-13-4-6-17-9-12(13)14;;/h4-7,9-11H,1-3,8,16H2,(H,18,19,20);2*1H. The second-order valence-electron chi connectivity index (χ2n) is 5.36. The number of aromatic nitrogens is 2. The Hall–Kier alpha value is -1.43. The highest BCUT2D eigenvalue weighted by Crippen LogP contribution is 2.26. The number of rotatable bonds is 2. The van der Waals surface area contributed by atoms with E-state index >= 15 is 0 Å². The number of carbonyl (C=O) groups is 1. The summed E-state index contributed by atoms with van der Waals surface area (Å²) in [7, 11) is 0. The van der Waals surface area contributed by atoms with Gasteiger partial charge in [-0.05, 0) is 31.4 Å². The third kappa shape index (κ3) is 4.06. The lowest BCUT2D eigenvalue weighted by Gasteiger charge is -2.25. The van der Waals surface area contributed by atoms with Crippen LogP contribution in [0.2, 0.25) is 0 Å². The second kappa shape index (κ2) is 8.27. The van der Waals surface area contributed by atoms with Crippen molar-refractivity contribution in [2.45, 2.75) is 31.7 Å². The highest BCUT2D eigenvalue weighted by molar-refractivity contribution is 6.01. The summed E-state index contributed by atoms with van der Waals surface area (Å²) in [6.07, 6.45) is 8.86. The highest BCUT2D eigenvalue weighted by atomic mass is 35.5. The maximum atomic E-state index is 12.3. The summed E-state index contributed by atoms with van der Waals surface area (Å²) in [4.78, 5) is 20.7. The molecule has 3 N–H and O–H groups in total. The van der Waals surface area contributed by atoms with Gasteiger partial charge in [-0.3, -0.25) is 14.8 Å². The van der Waals surface area contributed by atoms with Crippen LogP contribution in [0.15, 0.2) is 30.7 Å². The number of nitrogens with two attached hydrogens (primary N) is 1. The van der Waals surface area contributed by atoms with E-state index in [9.17, 15) is 4.79 Å². The van der Waals surface area contributed by atoms with Gasteiger partial charge in [0.05, 0.1) is 11.2 Å². The number of anilines is 1. The lowest BCUT2D eigenvalue weighted by atomic mass is 9.85. The number of hydrogen-bond donors (Lipinski definition) is 2. The molecule has 1 amide bonds. The number of carbonyl (C=O) groups excluding carboxylic acids is 1. The molecule has 2 unspecified atom stereocenters. The fourth-order valence-electron chi connectivity index (χ4n) is 2.80. The molecule has 3 rings (SSSR count). The predicted molar refractivity (Wildman–Crippen MR) is 92.6 cm³/mol. The molecule has 1 aliphatic rings. The summed E-state index contributed by atoms with van der Waals surface area (Å²) >= 11 is 0. The summed E-state index contributed by atoms with van der Waals surface area (Å²) in [5.74, 6) is 0.0649. The van der Waals surface area contributed by atoms with Crippen LogP contribution in [0.3, 0.4) is 0 Å². The van der Waals surface area contributed by atoms with Crippen molar-refractivity contribution in [2.24, 2.45) is 11.7 Å². The van der Waals surface area contributed by atoms with E-state index in [1.165, 1.54) is 0 Å². The largest absolute Gasteiger partial charge is 0.328 e. The van der Waals surface area contributed by atoms with Crippen molar-refractivity contribution in [3.05, 3.63) is 30.7 Å². The van der Waals surface area contributed by atoms with Crippen LogP contribution in [0.5, 0.6) is 0 Å². The van der Waals surface area contributed by atoms with Gasteiger partial charge in [0.2, 0.25) is 5.91 Å². The van der Waals surface area contributed by atoms with Gasteiger partial charge in [-0.15, -0.1) is 24.8 Å². The van der Waals surface area contributed by atoms with Gasteiger partial charge < -0.3 is 11.1 Å². The van der Waals surface area contributed by atoms with Gasteiger partial charge in [0.25, 0.3) is 0 Å². The molecule has 22 heavy (non-hydrogen) atoms.